The van der Waals surface area contributed by atoms with Crippen LogP contribution in [0.15, 0.2) is 18.2 Å². The fraction of sp³-hybridized carbons (Fsp3) is 0.571. The fourth-order valence-corrected chi connectivity index (χ4v) is 3.89. The molecule has 5 heteroatoms. The summed E-state index contributed by atoms with van der Waals surface area (Å²) in [5.41, 5.74) is 6.52. The van der Waals surface area contributed by atoms with E-state index in [1.54, 1.807) is 6.07 Å². The molecule has 0 aliphatic heterocycles. The lowest BCUT2D eigenvalue weighted by Gasteiger charge is -2.34. The average molecular weight is 264 g/mol. The van der Waals surface area contributed by atoms with Crippen LogP contribution in [-0.4, -0.2) is 10.5 Å². The second kappa shape index (κ2) is 4.27. The van der Waals surface area contributed by atoms with Gasteiger partial charge in [0.25, 0.3) is 0 Å². The Bertz CT molecular complexity index is 534. The normalized spacial score (nSPS) is 32.7. The predicted octanol–water partition coefficient (Wildman–Crippen LogP) is 2.79. The predicted molar refractivity (Wildman–Crippen MR) is 69.1 cm³/mol. The van der Waals surface area contributed by atoms with E-state index in [0.29, 0.717) is 12.3 Å². The molecule has 3 rings (SSSR count). The van der Waals surface area contributed by atoms with Crippen molar-refractivity contribution in [1.29, 1.82) is 0 Å². The third-order valence-electron chi connectivity index (χ3n) is 4.77. The number of nitrogens with zero attached hydrogens (tertiary/aromatic N) is 1. The second-order valence-corrected chi connectivity index (χ2v) is 6.03. The van der Waals surface area contributed by atoms with E-state index in [1.807, 2.05) is 0 Å². The minimum Gasteiger partial charge on any atom is -0.325 e. The number of nitro benzene ring substituents is 1. The summed E-state index contributed by atoms with van der Waals surface area (Å²) < 4.78 is 13.6. The van der Waals surface area contributed by atoms with Gasteiger partial charge in [-0.25, -0.2) is 0 Å². The van der Waals surface area contributed by atoms with Crippen LogP contribution in [0.3, 0.4) is 0 Å². The topological polar surface area (TPSA) is 69.2 Å². The van der Waals surface area contributed by atoms with Crippen molar-refractivity contribution in [2.45, 2.75) is 37.6 Å². The summed E-state index contributed by atoms with van der Waals surface area (Å²) in [6, 6.07) is 4.13. The van der Waals surface area contributed by atoms with Crippen molar-refractivity contribution in [2.75, 3.05) is 0 Å². The van der Waals surface area contributed by atoms with E-state index >= 15 is 0 Å². The summed E-state index contributed by atoms with van der Waals surface area (Å²) in [7, 11) is 0. The van der Waals surface area contributed by atoms with Gasteiger partial charge in [-0.1, -0.05) is 12.5 Å². The molecule has 2 bridgehead atoms. The molecule has 1 aromatic rings. The molecule has 1 aromatic carbocycles. The molecule has 19 heavy (non-hydrogen) atoms. The van der Waals surface area contributed by atoms with Gasteiger partial charge in [0.15, 0.2) is 0 Å². The molecule has 102 valence electrons. The Morgan fingerprint density at radius 1 is 1.47 bits per heavy atom. The number of fused-ring (bicyclic) bond motifs is 2. The van der Waals surface area contributed by atoms with E-state index < -0.39 is 16.4 Å². The van der Waals surface area contributed by atoms with Crippen LogP contribution in [0, 0.1) is 27.8 Å². The van der Waals surface area contributed by atoms with Crippen LogP contribution in [0.1, 0.15) is 31.2 Å². The lowest BCUT2D eigenvalue weighted by atomic mass is 9.77. The first-order chi connectivity index (χ1) is 8.98. The minimum absolute atomic E-state index is 0.245. The molecule has 3 unspecified atom stereocenters. The third-order valence-corrected chi connectivity index (χ3v) is 4.77. The molecule has 2 aliphatic carbocycles. The maximum absolute atomic E-state index is 13.6. The Kier molecular flexibility index (Phi) is 2.82. The number of halogens is 1. The molecule has 3 atom stereocenters. The van der Waals surface area contributed by atoms with Gasteiger partial charge in [-0.2, -0.15) is 4.39 Å². The van der Waals surface area contributed by atoms with Crippen molar-refractivity contribution in [3.63, 3.8) is 0 Å². The van der Waals surface area contributed by atoms with Crippen LogP contribution in [0.5, 0.6) is 0 Å². The van der Waals surface area contributed by atoms with E-state index in [0.717, 1.165) is 24.3 Å². The smallest absolute Gasteiger partial charge is 0.304 e. The Morgan fingerprint density at radius 2 is 2.26 bits per heavy atom. The number of nitrogens with two attached hydrogens (primary N) is 1. The standard InChI is InChI=1S/C14H17FN2O2/c15-12-6-10(2-4-13(12)17(18)19)8-14(16)7-9-1-3-11(14)5-9/h2,4,6,9,11H,1,3,5,7-8,16H2. The maximum Gasteiger partial charge on any atom is 0.304 e. The van der Waals surface area contributed by atoms with E-state index in [4.69, 9.17) is 5.73 Å². The Labute approximate surface area is 110 Å². The molecule has 0 spiro atoms. The van der Waals surface area contributed by atoms with Gasteiger partial charge in [0, 0.05) is 11.6 Å². The van der Waals surface area contributed by atoms with Crippen molar-refractivity contribution in [1.82, 2.24) is 0 Å². The first-order valence-corrected chi connectivity index (χ1v) is 6.70. The summed E-state index contributed by atoms with van der Waals surface area (Å²) >= 11 is 0. The Morgan fingerprint density at radius 3 is 2.79 bits per heavy atom. The van der Waals surface area contributed by atoms with E-state index in [9.17, 15) is 14.5 Å². The molecular formula is C14H17FN2O2. The summed E-state index contributed by atoms with van der Waals surface area (Å²) in [5, 5.41) is 10.6. The van der Waals surface area contributed by atoms with Gasteiger partial charge in [0.2, 0.25) is 5.82 Å². The molecule has 0 saturated heterocycles. The maximum atomic E-state index is 13.6. The number of benzene rings is 1. The highest BCUT2D eigenvalue weighted by Crippen LogP contribution is 2.50. The highest BCUT2D eigenvalue weighted by Gasteiger charge is 2.48. The van der Waals surface area contributed by atoms with Gasteiger partial charge >= 0.3 is 5.69 Å². The average Bonchev–Trinajstić information content (AvgIpc) is 2.87. The first-order valence-electron chi connectivity index (χ1n) is 6.70. The molecule has 0 heterocycles. The molecule has 2 N–H and O–H groups in total. The van der Waals surface area contributed by atoms with Crippen molar-refractivity contribution in [2.24, 2.45) is 17.6 Å². The molecule has 4 nitrogen and oxygen atoms in total. The van der Waals surface area contributed by atoms with Crippen LogP contribution < -0.4 is 5.73 Å². The van der Waals surface area contributed by atoms with Crippen LogP contribution in [0.2, 0.25) is 0 Å². The van der Waals surface area contributed by atoms with Crippen molar-refractivity contribution >= 4 is 5.69 Å². The highest BCUT2D eigenvalue weighted by molar-refractivity contribution is 5.36. The lowest BCUT2D eigenvalue weighted by Crippen LogP contribution is -2.46. The van der Waals surface area contributed by atoms with Crippen LogP contribution in [0.4, 0.5) is 10.1 Å². The van der Waals surface area contributed by atoms with Crippen LogP contribution in [-0.2, 0) is 6.42 Å². The Balaban J connectivity index is 1.81. The summed E-state index contributed by atoms with van der Waals surface area (Å²) in [6.45, 7) is 0. The van der Waals surface area contributed by atoms with E-state index in [2.05, 4.69) is 0 Å². The van der Waals surface area contributed by atoms with E-state index in [-0.39, 0.29) is 5.54 Å². The quantitative estimate of drug-likeness (QED) is 0.674. The molecule has 0 aromatic heterocycles. The molecule has 2 saturated carbocycles. The van der Waals surface area contributed by atoms with Gasteiger partial charge in [0.05, 0.1) is 4.92 Å². The number of nitro groups is 1. The molecule has 0 radical (unpaired) electrons. The zero-order valence-electron chi connectivity index (χ0n) is 10.6. The van der Waals surface area contributed by atoms with Gasteiger partial charge in [0.1, 0.15) is 0 Å². The number of hydrogen-bond acceptors (Lipinski definition) is 3. The van der Waals surface area contributed by atoms with Crippen LogP contribution in [0.25, 0.3) is 0 Å². The fourth-order valence-electron chi connectivity index (χ4n) is 3.89. The first kappa shape index (κ1) is 12.5. The van der Waals surface area contributed by atoms with Crippen molar-refractivity contribution < 1.29 is 9.31 Å². The van der Waals surface area contributed by atoms with Crippen molar-refractivity contribution in [3.05, 3.63) is 39.7 Å². The third kappa shape index (κ3) is 2.12. The van der Waals surface area contributed by atoms with Gasteiger partial charge in [-0.3, -0.25) is 10.1 Å². The molecule has 2 aliphatic rings. The summed E-state index contributed by atoms with van der Waals surface area (Å²) in [6.07, 6.45) is 5.22. The zero-order chi connectivity index (χ0) is 13.6. The minimum atomic E-state index is -0.769. The van der Waals surface area contributed by atoms with Crippen molar-refractivity contribution in [3.8, 4) is 0 Å². The zero-order valence-corrected chi connectivity index (χ0v) is 10.6. The lowest BCUT2D eigenvalue weighted by molar-refractivity contribution is -0.387. The molecular weight excluding hydrogens is 247 g/mol. The van der Waals surface area contributed by atoms with Gasteiger partial charge < -0.3 is 5.73 Å². The number of hydrogen-bond donors (Lipinski definition) is 1. The number of rotatable bonds is 3. The summed E-state index contributed by atoms with van der Waals surface area (Å²) in [4.78, 5) is 9.89. The summed E-state index contributed by atoms with van der Waals surface area (Å²) in [5.74, 6) is 0.475. The molecule has 2 fully saturated rings. The SMILES string of the molecule is NC1(Cc2ccc([N+](=O)[O-])c(F)c2)CC2CCC1C2. The van der Waals surface area contributed by atoms with Gasteiger partial charge in [-0.05, 0) is 49.1 Å². The molecule has 0 amide bonds. The second-order valence-electron chi connectivity index (χ2n) is 6.03. The van der Waals surface area contributed by atoms with E-state index in [1.165, 1.54) is 25.0 Å². The van der Waals surface area contributed by atoms with Crippen LogP contribution >= 0.6 is 0 Å². The monoisotopic (exact) mass is 264 g/mol. The Hall–Kier alpha value is -1.49. The highest BCUT2D eigenvalue weighted by atomic mass is 19.1. The van der Waals surface area contributed by atoms with Gasteiger partial charge in [-0.15, -0.1) is 0 Å². The largest absolute Gasteiger partial charge is 0.325 e.